The molecule has 0 aromatic carbocycles. The molecule has 0 aliphatic carbocycles. The fourth-order valence-corrected chi connectivity index (χ4v) is 9.22. The fraction of sp³-hybridized carbons (Fsp3) is 0.966. The van der Waals surface area contributed by atoms with Crippen LogP contribution in [0.3, 0.4) is 0 Å². The Morgan fingerprint density at radius 2 is 0.516 bits per heavy atom. The van der Waals surface area contributed by atoms with Gasteiger partial charge in [0.15, 0.2) is 6.10 Å². The summed E-state index contributed by atoms with van der Waals surface area (Å²) in [6.45, 7) is 7.93. The maximum Gasteiger partial charge on any atom is 0.306 e. The van der Waals surface area contributed by atoms with Crippen molar-refractivity contribution in [1.82, 2.24) is 0 Å². The maximum atomic E-state index is 12.8. The van der Waals surface area contributed by atoms with Crippen LogP contribution < -0.4 is 0 Å². The zero-order chi connectivity index (χ0) is 46.3. The Kier molecular flexibility index (Phi) is 55.3. The van der Waals surface area contributed by atoms with E-state index in [1.807, 2.05) is 0 Å². The highest BCUT2D eigenvalue weighted by atomic mass is 16.6. The van der Waals surface area contributed by atoms with E-state index in [0.717, 1.165) is 32.1 Å². The van der Waals surface area contributed by atoms with Crippen molar-refractivity contribution in [3.05, 3.63) is 0 Å². The molecule has 0 aromatic heterocycles. The summed E-state index contributed by atoms with van der Waals surface area (Å²) in [5.41, 5.74) is 0. The number of carbonyl (C=O) groups is 2. The Labute approximate surface area is 402 Å². The van der Waals surface area contributed by atoms with Crippen molar-refractivity contribution >= 4 is 11.9 Å². The molecule has 0 spiro atoms. The van der Waals surface area contributed by atoms with Gasteiger partial charge in [-0.15, -0.1) is 0 Å². The molecular weight excluding hydrogens is 789 g/mol. The van der Waals surface area contributed by atoms with Crippen LogP contribution in [0.25, 0.3) is 0 Å². The third-order valence-corrected chi connectivity index (χ3v) is 13.6. The Bertz CT molecular complexity index is 891. The molecule has 0 saturated carbocycles. The molecule has 0 N–H and O–H groups in total. The van der Waals surface area contributed by atoms with Gasteiger partial charge in [-0.05, 0) is 19.3 Å². The van der Waals surface area contributed by atoms with Gasteiger partial charge in [-0.25, -0.2) is 0 Å². The summed E-state index contributed by atoms with van der Waals surface area (Å²) < 4.78 is 17.5. The zero-order valence-corrected chi connectivity index (χ0v) is 44.1. The van der Waals surface area contributed by atoms with Gasteiger partial charge in [0.1, 0.15) is 6.61 Å². The van der Waals surface area contributed by atoms with Gasteiger partial charge in [0.2, 0.25) is 0 Å². The number of esters is 2. The van der Waals surface area contributed by atoms with Crippen molar-refractivity contribution in [2.24, 2.45) is 0 Å². The molecule has 5 heteroatoms. The third kappa shape index (κ3) is 53.5. The molecule has 0 unspecified atom stereocenters. The van der Waals surface area contributed by atoms with E-state index in [1.165, 1.54) is 276 Å². The van der Waals surface area contributed by atoms with Crippen LogP contribution in [0, 0.1) is 0 Å². The van der Waals surface area contributed by atoms with E-state index in [0.29, 0.717) is 26.1 Å². The quantitative estimate of drug-likeness (QED) is 0.0449. The van der Waals surface area contributed by atoms with Gasteiger partial charge in [0.25, 0.3) is 0 Å². The lowest BCUT2D eigenvalue weighted by molar-refractivity contribution is -0.163. The molecule has 64 heavy (non-hydrogen) atoms. The standard InChI is InChI=1S/C59H116O5/c1-4-7-10-13-16-19-22-25-27-29-30-31-32-35-37-40-43-46-49-52-58(60)63-56-57(64-59(61)53-50-47-44-41-38-34-24-21-18-15-12-9-6-3)55-62-54-51-48-45-42-39-36-33-28-26-23-20-17-14-11-8-5-2/h57H,4-56H2,1-3H3/t57-/m1/s1. The Morgan fingerprint density at radius 3 is 0.797 bits per heavy atom. The molecule has 0 amide bonds. The first-order chi connectivity index (χ1) is 31.6. The van der Waals surface area contributed by atoms with E-state index in [1.54, 1.807) is 0 Å². The molecule has 0 aliphatic heterocycles. The highest BCUT2D eigenvalue weighted by Crippen LogP contribution is 2.18. The summed E-state index contributed by atoms with van der Waals surface area (Å²) in [6, 6.07) is 0. The summed E-state index contributed by atoms with van der Waals surface area (Å²) in [7, 11) is 0. The van der Waals surface area contributed by atoms with Crippen molar-refractivity contribution in [1.29, 1.82) is 0 Å². The van der Waals surface area contributed by atoms with Crippen LogP contribution in [0.5, 0.6) is 0 Å². The molecule has 0 rings (SSSR count). The molecular formula is C59H116O5. The maximum absolute atomic E-state index is 12.8. The smallest absolute Gasteiger partial charge is 0.306 e. The molecule has 5 nitrogen and oxygen atoms in total. The number of hydrogen-bond acceptors (Lipinski definition) is 5. The van der Waals surface area contributed by atoms with Crippen molar-refractivity contribution in [3.8, 4) is 0 Å². The van der Waals surface area contributed by atoms with Crippen molar-refractivity contribution in [3.63, 3.8) is 0 Å². The van der Waals surface area contributed by atoms with Gasteiger partial charge in [-0.1, -0.05) is 310 Å². The minimum atomic E-state index is -0.524. The van der Waals surface area contributed by atoms with Crippen molar-refractivity contribution in [2.75, 3.05) is 19.8 Å². The molecule has 0 aromatic rings. The Morgan fingerprint density at radius 1 is 0.281 bits per heavy atom. The Balaban J connectivity index is 4.15. The molecule has 0 saturated heterocycles. The first-order valence-electron chi connectivity index (χ1n) is 29.6. The van der Waals surface area contributed by atoms with Crippen LogP contribution in [0.15, 0.2) is 0 Å². The molecule has 0 aliphatic rings. The molecule has 0 heterocycles. The minimum absolute atomic E-state index is 0.0985. The van der Waals surface area contributed by atoms with Crippen molar-refractivity contribution in [2.45, 2.75) is 348 Å². The highest BCUT2D eigenvalue weighted by Gasteiger charge is 2.18. The number of hydrogen-bond donors (Lipinski definition) is 0. The van der Waals surface area contributed by atoms with Gasteiger partial charge in [-0.2, -0.15) is 0 Å². The summed E-state index contributed by atoms with van der Waals surface area (Å²) in [6.07, 6.45) is 64.1. The predicted octanol–water partition coefficient (Wildman–Crippen LogP) is 20.0. The zero-order valence-electron chi connectivity index (χ0n) is 44.1. The van der Waals surface area contributed by atoms with Crippen LogP contribution in [-0.4, -0.2) is 37.9 Å². The lowest BCUT2D eigenvalue weighted by atomic mass is 10.0. The lowest BCUT2D eigenvalue weighted by Gasteiger charge is -2.18. The molecule has 0 radical (unpaired) electrons. The van der Waals surface area contributed by atoms with E-state index in [-0.39, 0.29) is 18.5 Å². The van der Waals surface area contributed by atoms with Crippen molar-refractivity contribution < 1.29 is 23.8 Å². The third-order valence-electron chi connectivity index (χ3n) is 13.6. The normalized spacial score (nSPS) is 12.0. The van der Waals surface area contributed by atoms with Gasteiger partial charge >= 0.3 is 11.9 Å². The van der Waals surface area contributed by atoms with Gasteiger partial charge < -0.3 is 14.2 Å². The molecule has 0 bridgehead atoms. The summed E-state index contributed by atoms with van der Waals surface area (Å²) >= 11 is 0. The number of carbonyl (C=O) groups excluding carboxylic acids is 2. The second-order valence-corrected chi connectivity index (χ2v) is 20.3. The van der Waals surface area contributed by atoms with Crippen LogP contribution in [0.1, 0.15) is 342 Å². The molecule has 1 atom stereocenters. The lowest BCUT2D eigenvalue weighted by Crippen LogP contribution is -2.30. The monoisotopic (exact) mass is 905 g/mol. The highest BCUT2D eigenvalue weighted by molar-refractivity contribution is 5.70. The SMILES string of the molecule is CCCCCCCCCCCCCCCCCCCCCC(=O)OC[C@@H](COCCCCCCCCCCCCCCCCCC)OC(=O)CCCCCCCCCCCCCCC. The van der Waals surface area contributed by atoms with Gasteiger partial charge in [-0.3, -0.25) is 9.59 Å². The van der Waals surface area contributed by atoms with E-state index in [2.05, 4.69) is 20.8 Å². The average Bonchev–Trinajstić information content (AvgIpc) is 3.30. The van der Waals surface area contributed by atoms with Gasteiger partial charge in [0, 0.05) is 19.4 Å². The van der Waals surface area contributed by atoms with Crippen LogP contribution in [0.2, 0.25) is 0 Å². The average molecular weight is 906 g/mol. The topological polar surface area (TPSA) is 61.8 Å². The second kappa shape index (κ2) is 56.2. The number of rotatable bonds is 56. The predicted molar refractivity (Wildman–Crippen MR) is 280 cm³/mol. The fourth-order valence-electron chi connectivity index (χ4n) is 9.22. The van der Waals surface area contributed by atoms with Crippen LogP contribution in [-0.2, 0) is 23.8 Å². The minimum Gasteiger partial charge on any atom is -0.462 e. The van der Waals surface area contributed by atoms with E-state index >= 15 is 0 Å². The van der Waals surface area contributed by atoms with Gasteiger partial charge in [0.05, 0.1) is 6.61 Å². The Hall–Kier alpha value is -1.10. The number of ether oxygens (including phenoxy) is 3. The summed E-state index contributed by atoms with van der Waals surface area (Å²) in [4.78, 5) is 25.5. The second-order valence-electron chi connectivity index (χ2n) is 20.3. The molecule has 0 fully saturated rings. The first-order valence-corrected chi connectivity index (χ1v) is 29.6. The van der Waals surface area contributed by atoms with Crippen LogP contribution in [0.4, 0.5) is 0 Å². The van der Waals surface area contributed by atoms with Crippen LogP contribution >= 0.6 is 0 Å². The summed E-state index contributed by atoms with van der Waals surface area (Å²) in [5.74, 6) is -0.365. The summed E-state index contributed by atoms with van der Waals surface area (Å²) in [5, 5.41) is 0. The first kappa shape index (κ1) is 62.9. The molecule has 382 valence electrons. The van der Waals surface area contributed by atoms with E-state index in [9.17, 15) is 9.59 Å². The van der Waals surface area contributed by atoms with E-state index in [4.69, 9.17) is 14.2 Å². The largest absolute Gasteiger partial charge is 0.462 e. The number of unbranched alkanes of at least 4 members (excludes halogenated alkanes) is 45. The van der Waals surface area contributed by atoms with E-state index < -0.39 is 6.10 Å².